The van der Waals surface area contributed by atoms with Crippen molar-refractivity contribution >= 4 is 28.4 Å². The molecule has 0 radical (unpaired) electrons. The van der Waals surface area contributed by atoms with Crippen LogP contribution in [0.1, 0.15) is 50.7 Å². The minimum Gasteiger partial charge on any atom is -0.511 e. The molecule has 0 saturated heterocycles. The third kappa shape index (κ3) is 4.51. The molecule has 34 heavy (non-hydrogen) atoms. The number of hydrogen-bond acceptors (Lipinski definition) is 4. The predicted octanol–water partition coefficient (Wildman–Crippen LogP) is 5.42. The first-order chi connectivity index (χ1) is 16.4. The molecule has 2 aliphatic heterocycles. The summed E-state index contributed by atoms with van der Waals surface area (Å²) in [7, 11) is -1.68. The van der Waals surface area contributed by atoms with Gasteiger partial charge in [0.1, 0.15) is 17.1 Å². The number of anilines is 1. The molecule has 6 nitrogen and oxygen atoms in total. The highest BCUT2D eigenvalue weighted by molar-refractivity contribution is 7.84. The number of nitrogens with one attached hydrogen (secondary N) is 1. The first-order valence-corrected chi connectivity index (χ1v) is 12.9. The summed E-state index contributed by atoms with van der Waals surface area (Å²) in [5.41, 5.74) is 2.47. The van der Waals surface area contributed by atoms with Gasteiger partial charge in [-0.15, -0.1) is 0 Å². The molecule has 1 fully saturated rings. The van der Waals surface area contributed by atoms with Gasteiger partial charge in [-0.3, -0.25) is 4.79 Å². The Kier molecular flexibility index (Phi) is 7.16. The summed E-state index contributed by atoms with van der Waals surface area (Å²) in [5, 5.41) is 14.3. The lowest BCUT2D eigenvalue weighted by Crippen LogP contribution is -2.52. The molecule has 0 aromatic heterocycles. The van der Waals surface area contributed by atoms with E-state index in [9.17, 15) is 18.5 Å². The van der Waals surface area contributed by atoms with Crippen LogP contribution in [0, 0.1) is 18.7 Å². The van der Waals surface area contributed by atoms with E-state index in [-0.39, 0.29) is 40.9 Å². The van der Waals surface area contributed by atoms with Crippen molar-refractivity contribution in [3.05, 3.63) is 70.7 Å². The van der Waals surface area contributed by atoms with E-state index in [1.807, 2.05) is 32.9 Å². The molecule has 5 rings (SSSR count). The van der Waals surface area contributed by atoms with E-state index in [0.29, 0.717) is 17.1 Å². The van der Waals surface area contributed by atoms with Gasteiger partial charge in [0.05, 0.1) is 10.6 Å². The van der Waals surface area contributed by atoms with Crippen LogP contribution in [0.25, 0.3) is 0 Å². The van der Waals surface area contributed by atoms with Gasteiger partial charge in [0.15, 0.2) is 16.8 Å². The van der Waals surface area contributed by atoms with Crippen LogP contribution >= 0.6 is 0 Å². The largest absolute Gasteiger partial charge is 0.511 e. The van der Waals surface area contributed by atoms with Gasteiger partial charge in [-0.1, -0.05) is 44.9 Å². The Bertz CT molecular complexity index is 1180. The Hall–Kier alpha value is -3.00. The summed E-state index contributed by atoms with van der Waals surface area (Å²) >= 11 is 0. The van der Waals surface area contributed by atoms with E-state index in [0.717, 1.165) is 36.8 Å². The van der Waals surface area contributed by atoms with Crippen LogP contribution in [-0.2, 0) is 22.3 Å². The SMILES string of the molecule is CC.Cc1ccc2c(c1)S(=O)N=C(C1=C(O)C3CCCCC3N(Cc3ccc(F)cc3)C1=O)N2. The fourth-order valence-corrected chi connectivity index (χ4v) is 5.85. The van der Waals surface area contributed by atoms with E-state index in [1.54, 1.807) is 23.1 Å². The highest BCUT2D eigenvalue weighted by atomic mass is 32.2. The predicted molar refractivity (Wildman–Crippen MR) is 132 cm³/mol. The molecule has 2 heterocycles. The standard InChI is InChI=1S/C24H24FN3O3S.C2H6/c1-14-6-11-18-20(12-14)32(31)27-23(26-18)21-22(29)17-4-2-3-5-19(17)28(24(21)30)13-15-7-9-16(25)10-8-15;1-2/h6-12,17,19,29H,2-5,13H2,1H3,(H,26,27);1-2H3. The molecule has 0 bridgehead atoms. The van der Waals surface area contributed by atoms with E-state index >= 15 is 0 Å². The van der Waals surface area contributed by atoms with Gasteiger partial charge in [-0.05, 0) is 55.2 Å². The summed E-state index contributed by atoms with van der Waals surface area (Å²) in [6, 6.07) is 11.5. The number of aliphatic hydroxyl groups is 1. The van der Waals surface area contributed by atoms with Gasteiger partial charge in [0, 0.05) is 18.5 Å². The third-order valence-corrected chi connectivity index (χ3v) is 7.53. The Balaban J connectivity index is 0.00000133. The highest BCUT2D eigenvalue weighted by Crippen LogP contribution is 2.40. The summed E-state index contributed by atoms with van der Waals surface area (Å²) in [4.78, 5) is 16.0. The topological polar surface area (TPSA) is 82.0 Å². The minimum absolute atomic E-state index is 0.0221. The number of aliphatic hydroxyl groups excluding tert-OH is 1. The quantitative estimate of drug-likeness (QED) is 0.611. The van der Waals surface area contributed by atoms with Crippen LogP contribution in [0.3, 0.4) is 0 Å². The number of benzene rings is 2. The van der Waals surface area contributed by atoms with Crippen LogP contribution in [0.5, 0.6) is 0 Å². The summed E-state index contributed by atoms with van der Waals surface area (Å²) in [6.07, 6.45) is 3.50. The number of nitrogens with zero attached hydrogens (tertiary/aromatic N) is 2. The number of rotatable bonds is 3. The molecule has 1 saturated carbocycles. The fraction of sp³-hybridized carbons (Fsp3) is 0.385. The van der Waals surface area contributed by atoms with Crippen LogP contribution in [0.15, 0.2) is 63.1 Å². The molecule has 3 atom stereocenters. The van der Waals surface area contributed by atoms with Crippen molar-refractivity contribution in [1.82, 2.24) is 4.90 Å². The molecular weight excluding hydrogens is 453 g/mol. The summed E-state index contributed by atoms with van der Waals surface area (Å²) in [6.45, 7) is 6.22. The van der Waals surface area contributed by atoms with Gasteiger partial charge in [0.2, 0.25) is 0 Å². The Labute approximate surface area is 202 Å². The number of amidine groups is 1. The number of fused-ring (bicyclic) bond motifs is 2. The van der Waals surface area contributed by atoms with Gasteiger partial charge < -0.3 is 15.3 Å². The zero-order valence-corrected chi connectivity index (χ0v) is 20.5. The van der Waals surface area contributed by atoms with Crippen molar-refractivity contribution in [3.8, 4) is 0 Å². The van der Waals surface area contributed by atoms with Crippen molar-refractivity contribution in [2.45, 2.75) is 63.9 Å². The molecule has 2 N–H and O–H groups in total. The molecule has 180 valence electrons. The van der Waals surface area contributed by atoms with Crippen LogP contribution in [-0.4, -0.2) is 32.0 Å². The first kappa shape index (κ1) is 24.1. The third-order valence-electron chi connectivity index (χ3n) is 6.47. The van der Waals surface area contributed by atoms with E-state index < -0.39 is 11.0 Å². The Morgan fingerprint density at radius 2 is 1.85 bits per heavy atom. The first-order valence-electron chi connectivity index (χ1n) is 11.8. The number of hydrogen-bond donors (Lipinski definition) is 2. The number of aryl methyl sites for hydroxylation is 1. The van der Waals surface area contributed by atoms with Gasteiger partial charge >= 0.3 is 0 Å². The summed E-state index contributed by atoms with van der Waals surface area (Å²) in [5.74, 6) is -0.725. The molecule has 1 amide bonds. The lowest BCUT2D eigenvalue weighted by atomic mass is 9.78. The zero-order valence-electron chi connectivity index (χ0n) is 19.7. The highest BCUT2D eigenvalue weighted by Gasteiger charge is 2.45. The van der Waals surface area contributed by atoms with Crippen molar-refractivity contribution in [3.63, 3.8) is 0 Å². The number of halogens is 1. The van der Waals surface area contributed by atoms with Crippen LogP contribution in [0.4, 0.5) is 10.1 Å². The fourth-order valence-electron chi connectivity index (χ4n) is 4.86. The van der Waals surface area contributed by atoms with Crippen LogP contribution < -0.4 is 5.32 Å². The molecule has 3 unspecified atom stereocenters. The number of carbonyl (C=O) groups is 1. The molecule has 3 aliphatic rings. The lowest BCUT2D eigenvalue weighted by molar-refractivity contribution is -0.133. The smallest absolute Gasteiger partial charge is 0.261 e. The van der Waals surface area contributed by atoms with Crippen molar-refractivity contribution in [2.24, 2.45) is 10.3 Å². The van der Waals surface area contributed by atoms with Gasteiger partial charge in [0.25, 0.3) is 5.91 Å². The summed E-state index contributed by atoms with van der Waals surface area (Å²) < 4.78 is 30.4. The lowest BCUT2D eigenvalue weighted by Gasteiger charge is -2.44. The molecular formula is C26H30FN3O3S. The normalized spacial score (nSPS) is 23.8. The number of amides is 1. The van der Waals surface area contributed by atoms with Gasteiger partial charge in [-0.25, -0.2) is 8.60 Å². The second kappa shape index (κ2) is 10.1. The average molecular weight is 484 g/mol. The Morgan fingerprint density at radius 3 is 2.59 bits per heavy atom. The Morgan fingerprint density at radius 1 is 1.15 bits per heavy atom. The van der Waals surface area contributed by atoms with Crippen molar-refractivity contribution < 1.29 is 18.5 Å². The molecule has 0 spiro atoms. The second-order valence-electron chi connectivity index (χ2n) is 8.59. The van der Waals surface area contributed by atoms with Crippen molar-refractivity contribution in [1.29, 1.82) is 0 Å². The average Bonchev–Trinajstić information content (AvgIpc) is 2.85. The molecule has 2 aromatic carbocycles. The van der Waals surface area contributed by atoms with E-state index in [2.05, 4.69) is 9.71 Å². The van der Waals surface area contributed by atoms with E-state index in [1.165, 1.54) is 12.1 Å². The number of carbonyl (C=O) groups excluding carboxylic acids is 1. The molecule has 8 heteroatoms. The maximum atomic E-state index is 13.6. The van der Waals surface area contributed by atoms with Gasteiger partial charge in [-0.2, -0.15) is 4.40 Å². The second-order valence-corrected chi connectivity index (χ2v) is 9.71. The van der Waals surface area contributed by atoms with Crippen molar-refractivity contribution in [2.75, 3.05) is 5.32 Å². The van der Waals surface area contributed by atoms with E-state index in [4.69, 9.17) is 0 Å². The minimum atomic E-state index is -1.68. The molecule has 1 aliphatic carbocycles. The van der Waals surface area contributed by atoms with Crippen LogP contribution in [0.2, 0.25) is 0 Å². The maximum absolute atomic E-state index is 13.6. The molecule has 2 aromatic rings. The monoisotopic (exact) mass is 483 g/mol. The maximum Gasteiger partial charge on any atom is 0.261 e. The zero-order chi connectivity index (χ0) is 24.4.